The van der Waals surface area contributed by atoms with Crippen LogP contribution in [0.2, 0.25) is 0 Å². The molecule has 7 heteroatoms. The van der Waals surface area contributed by atoms with Crippen molar-refractivity contribution < 1.29 is 28.6 Å². The number of hydrogen-bond acceptors (Lipinski definition) is 5. The Morgan fingerprint density at radius 3 is 2.68 bits per heavy atom. The summed E-state index contributed by atoms with van der Waals surface area (Å²) in [7, 11) is 1.56. The van der Waals surface area contributed by atoms with Gasteiger partial charge in [-0.1, -0.05) is 30.3 Å². The van der Waals surface area contributed by atoms with Gasteiger partial charge in [0.15, 0.2) is 6.10 Å². The highest BCUT2D eigenvalue weighted by Gasteiger charge is 2.33. The first-order chi connectivity index (χ1) is 13.6. The summed E-state index contributed by atoms with van der Waals surface area (Å²) in [5, 5.41) is 10.0. The highest BCUT2D eigenvalue weighted by molar-refractivity contribution is 6.08. The molecule has 1 fully saturated rings. The normalized spacial score (nSPS) is 16.9. The van der Waals surface area contributed by atoms with Gasteiger partial charge in [-0.25, -0.2) is 4.79 Å². The number of morpholine rings is 1. The van der Waals surface area contributed by atoms with Crippen LogP contribution in [0.4, 0.5) is 0 Å². The van der Waals surface area contributed by atoms with Gasteiger partial charge in [0.2, 0.25) is 5.76 Å². The van der Waals surface area contributed by atoms with Crippen molar-refractivity contribution in [2.45, 2.75) is 6.10 Å². The molecule has 2 heterocycles. The molecule has 1 aromatic heterocycles. The minimum atomic E-state index is -1.09. The van der Waals surface area contributed by atoms with Crippen molar-refractivity contribution in [1.29, 1.82) is 0 Å². The van der Waals surface area contributed by atoms with Crippen molar-refractivity contribution in [3.63, 3.8) is 0 Å². The second kappa shape index (κ2) is 7.36. The molecule has 7 nitrogen and oxygen atoms in total. The summed E-state index contributed by atoms with van der Waals surface area (Å²) in [5.41, 5.74) is 2.06. The Kier molecular flexibility index (Phi) is 4.75. The molecule has 0 unspecified atom stereocenters. The van der Waals surface area contributed by atoms with Gasteiger partial charge in [0, 0.05) is 23.6 Å². The second-order valence-electron chi connectivity index (χ2n) is 6.48. The number of nitrogens with zero attached hydrogens (tertiary/aromatic N) is 1. The molecular formula is C21H19NO6. The number of benzene rings is 2. The fourth-order valence-electron chi connectivity index (χ4n) is 3.37. The number of carboxylic acids is 1. The molecule has 0 aliphatic carbocycles. The Morgan fingerprint density at radius 1 is 1.18 bits per heavy atom. The summed E-state index contributed by atoms with van der Waals surface area (Å²) < 4.78 is 16.4. The number of aliphatic carboxylic acids is 1. The van der Waals surface area contributed by atoms with Gasteiger partial charge in [-0.05, 0) is 17.7 Å². The van der Waals surface area contributed by atoms with Crippen LogP contribution in [0.5, 0.6) is 5.75 Å². The van der Waals surface area contributed by atoms with Gasteiger partial charge in [-0.3, -0.25) is 4.79 Å². The van der Waals surface area contributed by atoms with Crippen LogP contribution < -0.4 is 4.74 Å². The highest BCUT2D eigenvalue weighted by Crippen LogP contribution is 2.37. The molecule has 144 valence electrons. The molecule has 1 aliphatic heterocycles. The number of hydrogen-bond donors (Lipinski definition) is 1. The van der Waals surface area contributed by atoms with E-state index in [0.717, 1.165) is 10.9 Å². The van der Waals surface area contributed by atoms with E-state index >= 15 is 0 Å². The minimum absolute atomic E-state index is 0.0250. The summed E-state index contributed by atoms with van der Waals surface area (Å²) in [6.45, 7) is 0.442. The van der Waals surface area contributed by atoms with E-state index in [2.05, 4.69) is 0 Å². The number of ether oxygens (including phenoxy) is 2. The van der Waals surface area contributed by atoms with Crippen LogP contribution in [0.1, 0.15) is 10.6 Å². The molecule has 1 amide bonds. The summed E-state index contributed by atoms with van der Waals surface area (Å²) in [6, 6.07) is 14.9. The van der Waals surface area contributed by atoms with Gasteiger partial charge in [0.1, 0.15) is 11.3 Å². The first-order valence-electron chi connectivity index (χ1n) is 8.88. The highest BCUT2D eigenvalue weighted by atomic mass is 16.5. The molecule has 1 saturated heterocycles. The third-order valence-electron chi connectivity index (χ3n) is 4.78. The number of carbonyl (C=O) groups is 2. The summed E-state index contributed by atoms with van der Waals surface area (Å²) in [4.78, 5) is 26.0. The lowest BCUT2D eigenvalue weighted by Crippen LogP contribution is -2.48. The van der Waals surface area contributed by atoms with E-state index in [4.69, 9.17) is 13.9 Å². The maximum atomic E-state index is 13.2. The van der Waals surface area contributed by atoms with Crippen molar-refractivity contribution in [2.75, 3.05) is 26.8 Å². The van der Waals surface area contributed by atoms with Gasteiger partial charge in [0.25, 0.3) is 5.91 Å². The number of furan rings is 1. The zero-order valence-corrected chi connectivity index (χ0v) is 15.3. The molecule has 1 aliphatic rings. The number of amides is 1. The average Bonchev–Trinajstić information content (AvgIpc) is 3.12. The van der Waals surface area contributed by atoms with Gasteiger partial charge in [-0.15, -0.1) is 0 Å². The Balaban J connectivity index is 1.81. The molecular weight excluding hydrogens is 362 g/mol. The van der Waals surface area contributed by atoms with E-state index in [-0.39, 0.29) is 24.8 Å². The van der Waals surface area contributed by atoms with Crippen molar-refractivity contribution in [3.05, 3.63) is 54.3 Å². The van der Waals surface area contributed by atoms with Gasteiger partial charge in [0.05, 0.1) is 20.3 Å². The van der Waals surface area contributed by atoms with E-state index in [0.29, 0.717) is 23.4 Å². The van der Waals surface area contributed by atoms with Crippen molar-refractivity contribution in [1.82, 2.24) is 4.90 Å². The van der Waals surface area contributed by atoms with Crippen LogP contribution in [-0.4, -0.2) is 54.8 Å². The lowest BCUT2D eigenvalue weighted by atomic mass is 10.0. The molecule has 1 N–H and O–H groups in total. The quantitative estimate of drug-likeness (QED) is 0.747. The first kappa shape index (κ1) is 18.1. The number of fused-ring (bicyclic) bond motifs is 1. The minimum Gasteiger partial charge on any atom is -0.497 e. The fourth-order valence-corrected chi connectivity index (χ4v) is 3.37. The van der Waals surface area contributed by atoms with Crippen molar-refractivity contribution >= 4 is 22.8 Å². The molecule has 0 radical (unpaired) electrons. The van der Waals surface area contributed by atoms with Gasteiger partial charge in [-0.2, -0.15) is 0 Å². The Morgan fingerprint density at radius 2 is 1.96 bits per heavy atom. The molecule has 1 atom stereocenters. The zero-order valence-electron chi connectivity index (χ0n) is 15.3. The number of carbonyl (C=O) groups excluding carboxylic acids is 1. The van der Waals surface area contributed by atoms with Crippen LogP contribution in [0.15, 0.2) is 52.9 Å². The van der Waals surface area contributed by atoms with E-state index in [1.807, 2.05) is 42.5 Å². The van der Waals surface area contributed by atoms with Crippen molar-refractivity contribution in [2.24, 2.45) is 0 Å². The Labute approximate surface area is 161 Å². The number of carboxylic acid groups (broad SMARTS) is 1. The lowest BCUT2D eigenvalue weighted by molar-refractivity contribution is -0.154. The second-order valence-corrected chi connectivity index (χ2v) is 6.48. The predicted octanol–water partition coefficient (Wildman–Crippen LogP) is 3.03. The maximum Gasteiger partial charge on any atom is 0.334 e. The first-order valence-corrected chi connectivity index (χ1v) is 8.88. The van der Waals surface area contributed by atoms with Crippen molar-refractivity contribution in [3.8, 4) is 16.9 Å². The Hall–Kier alpha value is -3.32. The standard InChI is InChI=1S/C21H19NO6/c1-26-14-7-8-15-16(11-14)28-19(18(15)13-5-3-2-4-6-13)20(23)22-9-10-27-17(12-22)21(24)25/h2-8,11,17H,9-10,12H2,1H3,(H,24,25)/t17-/m0/s1. The van der Waals surface area contributed by atoms with Crippen LogP contribution in [-0.2, 0) is 9.53 Å². The third-order valence-corrected chi connectivity index (χ3v) is 4.78. The summed E-state index contributed by atoms with van der Waals surface area (Å²) in [5.74, 6) is -0.642. The maximum absolute atomic E-state index is 13.2. The molecule has 2 aromatic carbocycles. The van der Waals surface area contributed by atoms with Gasteiger partial charge >= 0.3 is 5.97 Å². The van der Waals surface area contributed by atoms with E-state index < -0.39 is 12.1 Å². The Bertz CT molecular complexity index is 1030. The topological polar surface area (TPSA) is 89.2 Å². The van der Waals surface area contributed by atoms with Crippen LogP contribution in [0, 0.1) is 0 Å². The number of rotatable bonds is 4. The van der Waals surface area contributed by atoms with Crippen LogP contribution in [0.3, 0.4) is 0 Å². The lowest BCUT2D eigenvalue weighted by Gasteiger charge is -2.30. The fraction of sp³-hybridized carbons (Fsp3) is 0.238. The van der Waals surface area contributed by atoms with E-state index in [1.165, 1.54) is 4.90 Å². The smallest absolute Gasteiger partial charge is 0.334 e. The summed E-state index contributed by atoms with van der Waals surface area (Å²) >= 11 is 0. The molecule has 3 aromatic rings. The SMILES string of the molecule is COc1ccc2c(-c3ccccc3)c(C(=O)N3CCO[C@H](C(=O)O)C3)oc2c1. The number of methoxy groups -OCH3 is 1. The van der Waals surface area contributed by atoms with E-state index in [9.17, 15) is 14.7 Å². The summed E-state index contributed by atoms with van der Waals surface area (Å²) in [6.07, 6.45) is -1.04. The molecule has 4 rings (SSSR count). The average molecular weight is 381 g/mol. The largest absolute Gasteiger partial charge is 0.497 e. The molecule has 0 spiro atoms. The zero-order chi connectivity index (χ0) is 19.7. The van der Waals surface area contributed by atoms with Crippen LogP contribution >= 0.6 is 0 Å². The van der Waals surface area contributed by atoms with Gasteiger partial charge < -0.3 is 23.9 Å². The van der Waals surface area contributed by atoms with Crippen LogP contribution in [0.25, 0.3) is 22.1 Å². The monoisotopic (exact) mass is 381 g/mol. The molecule has 0 saturated carbocycles. The van der Waals surface area contributed by atoms with E-state index in [1.54, 1.807) is 13.2 Å². The third kappa shape index (κ3) is 3.20. The predicted molar refractivity (Wildman–Crippen MR) is 101 cm³/mol. The molecule has 28 heavy (non-hydrogen) atoms. The molecule has 0 bridgehead atoms.